The smallest absolute Gasteiger partial charge is 0.00464 e. The van der Waals surface area contributed by atoms with Gasteiger partial charge >= 0.3 is 0 Å². The average Bonchev–Trinajstić information content (AvgIpc) is 2.35. The molecular formula is C14H35N. The van der Waals surface area contributed by atoms with Crippen LogP contribution in [0.3, 0.4) is 0 Å². The molecule has 0 saturated carbocycles. The molecule has 1 heterocycles. The van der Waals surface area contributed by atoms with Crippen LogP contribution in [0, 0.1) is 5.92 Å². The largest absolute Gasteiger partial charge is 0.317 e. The summed E-state index contributed by atoms with van der Waals surface area (Å²) in [6.45, 7) is 17.2. The van der Waals surface area contributed by atoms with Gasteiger partial charge in [-0.1, -0.05) is 61.3 Å². The molecule has 1 aliphatic heterocycles. The van der Waals surface area contributed by atoms with Crippen LogP contribution in [-0.2, 0) is 0 Å². The molecule has 0 bridgehead atoms. The van der Waals surface area contributed by atoms with Crippen molar-refractivity contribution in [2.75, 3.05) is 13.1 Å². The van der Waals surface area contributed by atoms with E-state index in [1.165, 1.54) is 38.8 Å². The summed E-state index contributed by atoms with van der Waals surface area (Å²) in [5.74, 6) is 0.973. The summed E-state index contributed by atoms with van der Waals surface area (Å²) in [5, 5.41) is 3.32. The molecule has 0 amide bonds. The highest BCUT2D eigenvalue weighted by Crippen LogP contribution is 2.08. The number of rotatable bonds is 1. The fourth-order valence-electron chi connectivity index (χ4n) is 0.966. The van der Waals surface area contributed by atoms with Gasteiger partial charge in [0, 0.05) is 0 Å². The van der Waals surface area contributed by atoms with E-state index < -0.39 is 0 Å². The third-order valence-corrected chi connectivity index (χ3v) is 2.13. The second-order valence-corrected chi connectivity index (χ2v) is 3.43. The molecular weight excluding hydrogens is 182 g/mol. The Bertz CT molecular complexity index is 63.7. The molecule has 15 heavy (non-hydrogen) atoms. The SMILES string of the molecule is CC.CC.CC1CCNCC1.CCCC. The summed E-state index contributed by atoms with van der Waals surface area (Å²) < 4.78 is 0. The lowest BCUT2D eigenvalue weighted by Crippen LogP contribution is -2.26. The molecule has 0 radical (unpaired) electrons. The maximum Gasteiger partial charge on any atom is -0.00464 e. The summed E-state index contributed by atoms with van der Waals surface area (Å²) >= 11 is 0. The van der Waals surface area contributed by atoms with Crippen molar-refractivity contribution in [2.45, 2.75) is 74.1 Å². The van der Waals surface area contributed by atoms with E-state index in [2.05, 4.69) is 26.1 Å². The first-order chi connectivity index (χ1) is 7.31. The number of nitrogens with one attached hydrogen (secondary N) is 1. The number of hydrogen-bond donors (Lipinski definition) is 1. The van der Waals surface area contributed by atoms with Gasteiger partial charge in [-0.25, -0.2) is 0 Å². The first-order valence-electron chi connectivity index (χ1n) is 7.02. The highest BCUT2D eigenvalue weighted by Gasteiger charge is 2.04. The molecule has 0 spiro atoms. The lowest BCUT2D eigenvalue weighted by molar-refractivity contribution is 0.402. The van der Waals surface area contributed by atoms with Crippen LogP contribution in [0.1, 0.15) is 74.1 Å². The van der Waals surface area contributed by atoms with Crippen molar-refractivity contribution >= 4 is 0 Å². The van der Waals surface area contributed by atoms with Crippen molar-refractivity contribution < 1.29 is 0 Å². The highest BCUT2D eigenvalue weighted by atomic mass is 14.9. The Morgan fingerprint density at radius 1 is 0.867 bits per heavy atom. The summed E-state index contributed by atoms with van der Waals surface area (Å²) in [6.07, 6.45) is 5.39. The predicted octanol–water partition coefficient (Wildman–Crippen LogP) is 4.86. The van der Waals surface area contributed by atoms with E-state index in [0.29, 0.717) is 0 Å². The van der Waals surface area contributed by atoms with Gasteiger partial charge in [0.05, 0.1) is 0 Å². The van der Waals surface area contributed by atoms with Gasteiger partial charge in [-0.05, 0) is 31.8 Å². The van der Waals surface area contributed by atoms with E-state index >= 15 is 0 Å². The molecule has 1 nitrogen and oxygen atoms in total. The topological polar surface area (TPSA) is 12.0 Å². The van der Waals surface area contributed by atoms with Gasteiger partial charge in [-0.2, -0.15) is 0 Å². The highest BCUT2D eigenvalue weighted by molar-refractivity contribution is 4.62. The second-order valence-electron chi connectivity index (χ2n) is 3.43. The Kier molecular flexibility index (Phi) is 32.1. The Balaban J connectivity index is -0.000000156. The molecule has 1 fully saturated rings. The minimum Gasteiger partial charge on any atom is -0.317 e. The molecule has 0 aliphatic carbocycles. The van der Waals surface area contributed by atoms with Crippen LogP contribution in [0.25, 0.3) is 0 Å². The first kappa shape index (κ1) is 20.4. The minimum atomic E-state index is 0.973. The van der Waals surface area contributed by atoms with Gasteiger partial charge < -0.3 is 5.32 Å². The zero-order valence-electron chi connectivity index (χ0n) is 12.3. The van der Waals surface area contributed by atoms with Gasteiger partial charge in [-0.15, -0.1) is 0 Å². The van der Waals surface area contributed by atoms with Crippen LogP contribution in [0.2, 0.25) is 0 Å². The summed E-state index contributed by atoms with van der Waals surface area (Å²) in [4.78, 5) is 0. The molecule has 96 valence electrons. The van der Waals surface area contributed by atoms with Gasteiger partial charge in [0.25, 0.3) is 0 Å². The van der Waals surface area contributed by atoms with Crippen LogP contribution >= 0.6 is 0 Å². The quantitative estimate of drug-likeness (QED) is 0.661. The van der Waals surface area contributed by atoms with E-state index in [-0.39, 0.29) is 0 Å². The van der Waals surface area contributed by atoms with Crippen LogP contribution in [0.15, 0.2) is 0 Å². The molecule has 0 unspecified atom stereocenters. The normalized spacial score (nSPS) is 14.6. The van der Waals surface area contributed by atoms with Gasteiger partial charge in [0.1, 0.15) is 0 Å². The zero-order chi connectivity index (χ0) is 12.5. The maximum atomic E-state index is 3.32. The third-order valence-electron chi connectivity index (χ3n) is 2.13. The molecule has 1 saturated heterocycles. The van der Waals surface area contributed by atoms with Crippen molar-refractivity contribution in [3.05, 3.63) is 0 Å². The van der Waals surface area contributed by atoms with Crippen LogP contribution < -0.4 is 5.32 Å². The van der Waals surface area contributed by atoms with Crippen molar-refractivity contribution in [2.24, 2.45) is 5.92 Å². The fourth-order valence-corrected chi connectivity index (χ4v) is 0.966. The summed E-state index contributed by atoms with van der Waals surface area (Å²) in [5.41, 5.74) is 0. The number of unbranched alkanes of at least 4 members (excludes halogenated alkanes) is 1. The third kappa shape index (κ3) is 24.9. The molecule has 1 N–H and O–H groups in total. The van der Waals surface area contributed by atoms with E-state index in [1.54, 1.807) is 0 Å². The Morgan fingerprint density at radius 2 is 1.20 bits per heavy atom. The molecule has 1 rings (SSSR count). The van der Waals surface area contributed by atoms with Crippen molar-refractivity contribution in [3.8, 4) is 0 Å². The molecule has 0 atom stereocenters. The number of piperidine rings is 1. The summed E-state index contributed by atoms with van der Waals surface area (Å²) in [6, 6.07) is 0. The molecule has 0 aromatic heterocycles. The Labute approximate surface area is 99.0 Å². The molecule has 0 aromatic carbocycles. The Hall–Kier alpha value is -0.0400. The van der Waals surface area contributed by atoms with E-state index in [0.717, 1.165) is 5.92 Å². The summed E-state index contributed by atoms with van der Waals surface area (Å²) in [7, 11) is 0. The standard InChI is InChI=1S/C6H13N.C4H10.2C2H6/c1-6-2-4-7-5-3-6;1-3-4-2;2*1-2/h6-7H,2-5H2,1H3;3-4H2,1-2H3;2*1-2H3. The van der Waals surface area contributed by atoms with Crippen molar-refractivity contribution in [3.63, 3.8) is 0 Å². The first-order valence-corrected chi connectivity index (χ1v) is 7.02. The monoisotopic (exact) mass is 217 g/mol. The molecule has 0 aromatic rings. The lowest BCUT2D eigenvalue weighted by Gasteiger charge is -2.17. The van der Waals surface area contributed by atoms with Gasteiger partial charge in [-0.3, -0.25) is 0 Å². The van der Waals surface area contributed by atoms with E-state index in [4.69, 9.17) is 0 Å². The zero-order valence-corrected chi connectivity index (χ0v) is 12.3. The molecule has 1 aliphatic rings. The van der Waals surface area contributed by atoms with Crippen LogP contribution in [0.4, 0.5) is 0 Å². The van der Waals surface area contributed by atoms with Crippen molar-refractivity contribution in [1.82, 2.24) is 5.32 Å². The van der Waals surface area contributed by atoms with Gasteiger partial charge in [0.15, 0.2) is 0 Å². The van der Waals surface area contributed by atoms with Crippen LogP contribution in [-0.4, -0.2) is 13.1 Å². The predicted molar refractivity (Wildman–Crippen MR) is 74.5 cm³/mol. The molecule has 1 heteroatoms. The fraction of sp³-hybridized carbons (Fsp3) is 1.00. The van der Waals surface area contributed by atoms with Crippen LogP contribution in [0.5, 0.6) is 0 Å². The van der Waals surface area contributed by atoms with E-state index in [1.807, 2.05) is 27.7 Å². The van der Waals surface area contributed by atoms with Crippen molar-refractivity contribution in [1.29, 1.82) is 0 Å². The van der Waals surface area contributed by atoms with Gasteiger partial charge in [0.2, 0.25) is 0 Å². The number of hydrogen-bond acceptors (Lipinski definition) is 1. The maximum absolute atomic E-state index is 3.32. The lowest BCUT2D eigenvalue weighted by atomic mass is 10.0. The van der Waals surface area contributed by atoms with E-state index in [9.17, 15) is 0 Å². The Morgan fingerprint density at radius 3 is 1.33 bits per heavy atom. The second kappa shape index (κ2) is 23.6. The average molecular weight is 217 g/mol. The minimum absolute atomic E-state index is 0.973.